The second-order valence-corrected chi connectivity index (χ2v) is 8.32. The first-order valence-electron chi connectivity index (χ1n) is 10.9. The zero-order valence-corrected chi connectivity index (χ0v) is 18.0. The number of likely N-dealkylation sites (tertiary alicyclic amines) is 1. The molecule has 3 heterocycles. The number of benzene rings is 2. The van der Waals surface area contributed by atoms with Gasteiger partial charge in [-0.25, -0.2) is 4.98 Å². The van der Waals surface area contributed by atoms with Gasteiger partial charge in [0.15, 0.2) is 0 Å². The topological polar surface area (TPSA) is 127 Å². The van der Waals surface area contributed by atoms with Gasteiger partial charge in [-0.2, -0.15) is 0 Å². The van der Waals surface area contributed by atoms with Crippen LogP contribution in [0.5, 0.6) is 0 Å². The minimum Gasteiger partial charge on any atom is -0.459 e. The molecule has 4 aromatic rings. The Morgan fingerprint density at radius 1 is 1.15 bits per heavy atom. The number of amides is 2. The van der Waals surface area contributed by atoms with E-state index in [2.05, 4.69) is 10.3 Å². The molecule has 2 aromatic carbocycles. The normalized spacial score (nSPS) is 16.5. The average molecular weight is 444 g/mol. The largest absolute Gasteiger partial charge is 0.459 e. The van der Waals surface area contributed by atoms with Crippen molar-refractivity contribution in [2.24, 2.45) is 5.73 Å². The molecule has 0 spiro atoms. The molecule has 5 N–H and O–H groups in total. The first-order chi connectivity index (χ1) is 16.0. The van der Waals surface area contributed by atoms with Crippen LogP contribution in [0.1, 0.15) is 17.7 Å². The Balaban J connectivity index is 1.21. The number of nitrogens with two attached hydrogens (primary N) is 2. The van der Waals surface area contributed by atoms with Crippen LogP contribution in [-0.2, 0) is 22.6 Å². The maximum Gasteiger partial charge on any atom is 0.243 e. The molecule has 168 valence electrons. The van der Waals surface area contributed by atoms with Crippen LogP contribution in [0.3, 0.4) is 0 Å². The van der Waals surface area contributed by atoms with Crippen molar-refractivity contribution < 1.29 is 14.0 Å². The average Bonchev–Trinajstić information content (AvgIpc) is 3.22. The third kappa shape index (κ3) is 4.01. The second kappa shape index (κ2) is 8.55. The van der Waals surface area contributed by atoms with Crippen LogP contribution in [0.2, 0.25) is 0 Å². The summed E-state index contributed by atoms with van der Waals surface area (Å²) in [5.74, 6) is 0.517. The van der Waals surface area contributed by atoms with E-state index in [1.807, 2.05) is 42.5 Å². The van der Waals surface area contributed by atoms with Gasteiger partial charge in [0.05, 0.1) is 18.0 Å². The molecule has 0 bridgehead atoms. The molecule has 0 aliphatic carbocycles. The van der Waals surface area contributed by atoms with Crippen molar-refractivity contribution in [3.63, 3.8) is 0 Å². The van der Waals surface area contributed by atoms with Gasteiger partial charge >= 0.3 is 0 Å². The van der Waals surface area contributed by atoms with Crippen molar-refractivity contribution in [3.8, 4) is 0 Å². The number of carbonyl (C=O) groups is 2. The molecular weight excluding hydrogens is 418 g/mol. The van der Waals surface area contributed by atoms with Crippen molar-refractivity contribution in [3.05, 3.63) is 72.1 Å². The summed E-state index contributed by atoms with van der Waals surface area (Å²) in [5, 5.41) is 5.76. The Hall–Kier alpha value is -3.91. The Kier molecular flexibility index (Phi) is 5.43. The van der Waals surface area contributed by atoms with Crippen molar-refractivity contribution >= 4 is 39.4 Å². The molecule has 33 heavy (non-hydrogen) atoms. The van der Waals surface area contributed by atoms with Crippen LogP contribution in [0.4, 0.5) is 5.82 Å². The highest BCUT2D eigenvalue weighted by Gasteiger charge is 2.39. The number of nitrogen functional groups attached to an aromatic ring is 1. The molecule has 8 nitrogen and oxygen atoms in total. The third-order valence-corrected chi connectivity index (χ3v) is 6.21. The van der Waals surface area contributed by atoms with Crippen molar-refractivity contribution in [1.29, 1.82) is 0 Å². The fraction of sp³-hybridized carbons (Fsp3) is 0.240. The Morgan fingerprint density at radius 2 is 1.97 bits per heavy atom. The third-order valence-electron chi connectivity index (χ3n) is 6.21. The number of hydrogen-bond donors (Lipinski definition) is 3. The molecule has 2 atom stereocenters. The van der Waals surface area contributed by atoms with Crippen LogP contribution in [0.15, 0.2) is 65.2 Å². The predicted octanol–water partition coefficient (Wildman–Crippen LogP) is 2.35. The van der Waals surface area contributed by atoms with Crippen molar-refractivity contribution in [1.82, 2.24) is 15.2 Å². The lowest BCUT2D eigenvalue weighted by Gasteiger charge is -2.41. The molecular formula is C25H25N5O3. The molecule has 0 unspecified atom stereocenters. The van der Waals surface area contributed by atoms with E-state index in [-0.39, 0.29) is 18.4 Å². The Morgan fingerprint density at radius 3 is 2.76 bits per heavy atom. The monoisotopic (exact) mass is 443 g/mol. The van der Waals surface area contributed by atoms with Gasteiger partial charge in [-0.1, -0.05) is 42.5 Å². The number of pyridine rings is 1. The van der Waals surface area contributed by atoms with Gasteiger partial charge in [0.25, 0.3) is 0 Å². The summed E-state index contributed by atoms with van der Waals surface area (Å²) in [6.07, 6.45) is 2.60. The van der Waals surface area contributed by atoms with Crippen LogP contribution >= 0.6 is 0 Å². The number of nitrogens with one attached hydrogen (secondary N) is 1. The molecule has 1 aliphatic heterocycles. The van der Waals surface area contributed by atoms with Crippen molar-refractivity contribution in [2.75, 3.05) is 12.3 Å². The van der Waals surface area contributed by atoms with Crippen LogP contribution in [0, 0.1) is 0 Å². The second-order valence-electron chi connectivity index (χ2n) is 8.32. The standard InChI is InChI=1S/C25H25N5O3/c26-20(12-16-6-3-5-15-4-1-2-7-18(15)16)25(32)30-11-9-21(30)24(31)29-14-17-13-19-22(33-17)8-10-28-23(19)27/h1-8,10,13,20-21H,9,11-12,14,26H2,(H2,27,28)(H,29,31)/t20-,21+/m1/s1. The summed E-state index contributed by atoms with van der Waals surface area (Å²) >= 11 is 0. The van der Waals surface area contributed by atoms with E-state index < -0.39 is 12.1 Å². The lowest BCUT2D eigenvalue weighted by Crippen LogP contribution is -2.61. The van der Waals surface area contributed by atoms with E-state index in [0.717, 1.165) is 16.3 Å². The number of nitrogens with zero attached hydrogens (tertiary/aromatic N) is 2. The van der Waals surface area contributed by atoms with E-state index in [0.29, 0.717) is 41.9 Å². The van der Waals surface area contributed by atoms with Gasteiger partial charge < -0.3 is 26.1 Å². The highest BCUT2D eigenvalue weighted by Crippen LogP contribution is 2.24. The molecule has 2 aromatic heterocycles. The van der Waals surface area contributed by atoms with Gasteiger partial charge in [-0.15, -0.1) is 0 Å². The van der Waals surface area contributed by atoms with Crippen molar-refractivity contribution in [2.45, 2.75) is 31.5 Å². The minimum absolute atomic E-state index is 0.202. The number of fused-ring (bicyclic) bond motifs is 2. The van der Waals surface area contributed by atoms with E-state index >= 15 is 0 Å². The van der Waals surface area contributed by atoms with Gasteiger partial charge in [0.2, 0.25) is 11.8 Å². The fourth-order valence-corrected chi connectivity index (χ4v) is 4.35. The zero-order chi connectivity index (χ0) is 22.9. The van der Waals surface area contributed by atoms with Gasteiger partial charge in [0.1, 0.15) is 23.2 Å². The Labute approximate surface area is 190 Å². The molecule has 1 fully saturated rings. The highest BCUT2D eigenvalue weighted by atomic mass is 16.3. The van der Waals surface area contributed by atoms with E-state index in [4.69, 9.17) is 15.9 Å². The van der Waals surface area contributed by atoms with Gasteiger partial charge in [-0.05, 0) is 41.3 Å². The molecule has 1 saturated heterocycles. The van der Waals surface area contributed by atoms with Crippen LogP contribution < -0.4 is 16.8 Å². The summed E-state index contributed by atoms with van der Waals surface area (Å²) < 4.78 is 5.71. The molecule has 0 radical (unpaired) electrons. The summed E-state index contributed by atoms with van der Waals surface area (Å²) in [6.45, 7) is 0.723. The molecule has 1 aliphatic rings. The zero-order valence-electron chi connectivity index (χ0n) is 18.0. The molecule has 0 saturated carbocycles. The molecule has 8 heteroatoms. The number of anilines is 1. The maximum absolute atomic E-state index is 13.0. The Bertz CT molecular complexity index is 1340. The first-order valence-corrected chi connectivity index (χ1v) is 10.9. The minimum atomic E-state index is -0.711. The molecule has 5 rings (SSSR count). The van der Waals surface area contributed by atoms with Crippen LogP contribution in [0.25, 0.3) is 21.7 Å². The smallest absolute Gasteiger partial charge is 0.243 e. The summed E-state index contributed by atoms with van der Waals surface area (Å²) in [4.78, 5) is 31.3. The summed E-state index contributed by atoms with van der Waals surface area (Å²) in [6, 6.07) is 16.3. The first kappa shape index (κ1) is 21.0. The number of carbonyl (C=O) groups excluding carboxylic acids is 2. The number of rotatable bonds is 6. The SMILES string of the molecule is Nc1nccc2oc(CNC(=O)[C@@H]3CCN3C(=O)[C@H](N)Cc3cccc4ccccc34)cc12. The maximum atomic E-state index is 13.0. The van der Waals surface area contributed by atoms with Crippen LogP contribution in [-0.4, -0.2) is 40.3 Å². The predicted molar refractivity (Wildman–Crippen MR) is 126 cm³/mol. The fourth-order valence-electron chi connectivity index (χ4n) is 4.35. The highest BCUT2D eigenvalue weighted by molar-refractivity contribution is 5.92. The lowest BCUT2D eigenvalue weighted by molar-refractivity contribution is -0.148. The number of furan rings is 1. The van der Waals surface area contributed by atoms with E-state index in [9.17, 15) is 9.59 Å². The summed E-state index contributed by atoms with van der Waals surface area (Å²) in [7, 11) is 0. The van der Waals surface area contributed by atoms with Gasteiger partial charge in [-0.3, -0.25) is 9.59 Å². The quantitative estimate of drug-likeness (QED) is 0.420. The number of aromatic nitrogens is 1. The van der Waals surface area contributed by atoms with E-state index in [1.165, 1.54) is 0 Å². The van der Waals surface area contributed by atoms with Gasteiger partial charge in [0, 0.05) is 12.7 Å². The molecule has 2 amide bonds. The number of hydrogen-bond acceptors (Lipinski definition) is 6. The summed E-state index contributed by atoms with van der Waals surface area (Å²) in [5.41, 5.74) is 13.8. The lowest BCUT2D eigenvalue weighted by atomic mass is 9.96. The van der Waals surface area contributed by atoms with E-state index in [1.54, 1.807) is 23.2 Å².